The van der Waals surface area contributed by atoms with Crippen LogP contribution in [0.15, 0.2) is 16.9 Å². The SMILES string of the molecule is CCSCCn1cc(C(=O)O)cc1Br. The summed E-state index contributed by atoms with van der Waals surface area (Å²) in [4.78, 5) is 10.7. The van der Waals surface area contributed by atoms with Crippen LogP contribution in [0.4, 0.5) is 0 Å². The molecule has 0 unspecified atom stereocenters. The number of nitrogens with zero attached hydrogens (tertiary/aromatic N) is 1. The Balaban J connectivity index is 2.63. The molecule has 3 nitrogen and oxygen atoms in total. The summed E-state index contributed by atoms with van der Waals surface area (Å²) >= 11 is 5.17. The summed E-state index contributed by atoms with van der Waals surface area (Å²) in [6, 6.07) is 1.62. The second-order valence-electron chi connectivity index (χ2n) is 2.75. The van der Waals surface area contributed by atoms with Gasteiger partial charge in [-0.25, -0.2) is 4.79 Å². The molecule has 5 heteroatoms. The summed E-state index contributed by atoms with van der Waals surface area (Å²) < 4.78 is 2.73. The largest absolute Gasteiger partial charge is 0.478 e. The van der Waals surface area contributed by atoms with Gasteiger partial charge in [0.1, 0.15) is 0 Å². The van der Waals surface area contributed by atoms with Crippen LogP contribution in [0.5, 0.6) is 0 Å². The third kappa shape index (κ3) is 3.06. The average Bonchev–Trinajstić information content (AvgIpc) is 2.49. The topological polar surface area (TPSA) is 42.2 Å². The minimum Gasteiger partial charge on any atom is -0.478 e. The molecule has 0 spiro atoms. The Kier molecular flexibility index (Phi) is 4.54. The van der Waals surface area contributed by atoms with Crippen molar-refractivity contribution in [3.8, 4) is 0 Å². The van der Waals surface area contributed by atoms with E-state index in [-0.39, 0.29) is 0 Å². The fourth-order valence-corrected chi connectivity index (χ4v) is 2.21. The summed E-state index contributed by atoms with van der Waals surface area (Å²) in [5.74, 6) is 1.21. The highest BCUT2D eigenvalue weighted by molar-refractivity contribution is 9.10. The van der Waals surface area contributed by atoms with E-state index in [4.69, 9.17) is 5.11 Å². The molecular weight excluding hydrogens is 266 g/mol. The van der Waals surface area contributed by atoms with Crippen molar-refractivity contribution in [3.63, 3.8) is 0 Å². The van der Waals surface area contributed by atoms with E-state index in [0.29, 0.717) is 5.56 Å². The number of carboxylic acid groups (broad SMARTS) is 1. The number of rotatable bonds is 5. The highest BCUT2D eigenvalue weighted by atomic mass is 79.9. The normalized spacial score (nSPS) is 10.4. The summed E-state index contributed by atoms with van der Waals surface area (Å²) in [6.45, 7) is 2.95. The third-order valence-corrected chi connectivity index (χ3v) is 3.34. The lowest BCUT2D eigenvalue weighted by Gasteiger charge is -2.02. The van der Waals surface area contributed by atoms with Gasteiger partial charge in [-0.3, -0.25) is 0 Å². The number of hydrogen-bond donors (Lipinski definition) is 1. The van der Waals surface area contributed by atoms with Gasteiger partial charge in [0, 0.05) is 18.5 Å². The molecule has 1 N–H and O–H groups in total. The van der Waals surface area contributed by atoms with E-state index in [2.05, 4.69) is 22.9 Å². The van der Waals surface area contributed by atoms with Gasteiger partial charge in [0.15, 0.2) is 0 Å². The molecule has 0 saturated carbocycles. The minimum absolute atomic E-state index is 0.332. The van der Waals surface area contributed by atoms with E-state index < -0.39 is 5.97 Å². The Bertz CT molecular complexity index is 325. The molecule has 1 rings (SSSR count). The molecular formula is C9H12BrNO2S. The average molecular weight is 278 g/mol. The van der Waals surface area contributed by atoms with Crippen LogP contribution in [0.2, 0.25) is 0 Å². The number of thioether (sulfide) groups is 1. The fraction of sp³-hybridized carbons (Fsp3) is 0.444. The molecule has 0 aliphatic heterocycles. The van der Waals surface area contributed by atoms with Gasteiger partial charge in [0.2, 0.25) is 0 Å². The monoisotopic (exact) mass is 277 g/mol. The number of halogens is 1. The van der Waals surface area contributed by atoms with Gasteiger partial charge in [0.05, 0.1) is 10.2 Å². The van der Waals surface area contributed by atoms with Crippen molar-refractivity contribution in [1.82, 2.24) is 4.57 Å². The van der Waals surface area contributed by atoms with Crippen molar-refractivity contribution in [1.29, 1.82) is 0 Å². The third-order valence-electron chi connectivity index (χ3n) is 1.77. The Morgan fingerprint density at radius 1 is 1.71 bits per heavy atom. The quantitative estimate of drug-likeness (QED) is 0.842. The lowest BCUT2D eigenvalue weighted by molar-refractivity contribution is 0.0697. The summed E-state index contributed by atoms with van der Waals surface area (Å²) in [5.41, 5.74) is 0.332. The molecule has 0 aliphatic rings. The van der Waals surface area contributed by atoms with Crippen LogP contribution < -0.4 is 0 Å². The molecule has 0 bridgehead atoms. The number of carbonyl (C=O) groups is 1. The zero-order valence-electron chi connectivity index (χ0n) is 7.86. The van der Waals surface area contributed by atoms with Crippen LogP contribution >= 0.6 is 27.7 Å². The predicted octanol–water partition coefficient (Wildman–Crippen LogP) is 2.70. The van der Waals surface area contributed by atoms with Gasteiger partial charge in [0.25, 0.3) is 0 Å². The van der Waals surface area contributed by atoms with Gasteiger partial charge < -0.3 is 9.67 Å². The molecule has 14 heavy (non-hydrogen) atoms. The molecule has 0 saturated heterocycles. The number of aromatic nitrogens is 1. The molecule has 1 aromatic heterocycles. The molecule has 0 aliphatic carbocycles. The summed E-state index contributed by atoms with van der Waals surface area (Å²) in [6.07, 6.45) is 1.66. The molecule has 1 heterocycles. The van der Waals surface area contributed by atoms with Crippen molar-refractivity contribution in [2.75, 3.05) is 11.5 Å². The molecule has 0 aromatic carbocycles. The zero-order chi connectivity index (χ0) is 10.6. The van der Waals surface area contributed by atoms with Gasteiger partial charge in [-0.1, -0.05) is 6.92 Å². The first-order chi connectivity index (χ1) is 6.65. The van der Waals surface area contributed by atoms with Gasteiger partial charge in [-0.2, -0.15) is 11.8 Å². The number of hydrogen-bond acceptors (Lipinski definition) is 2. The van der Waals surface area contributed by atoms with Gasteiger partial charge >= 0.3 is 5.97 Å². The van der Waals surface area contributed by atoms with Crippen LogP contribution in [0.1, 0.15) is 17.3 Å². The maximum atomic E-state index is 10.7. The smallest absolute Gasteiger partial charge is 0.337 e. The van der Waals surface area contributed by atoms with Gasteiger partial charge in [-0.05, 0) is 27.7 Å². The Hall–Kier alpha value is -0.420. The summed E-state index contributed by atoms with van der Waals surface area (Å²) in [7, 11) is 0. The van der Waals surface area contributed by atoms with Crippen molar-refractivity contribution in [2.24, 2.45) is 0 Å². The first-order valence-electron chi connectivity index (χ1n) is 4.32. The summed E-state index contributed by atoms with van der Waals surface area (Å²) in [5, 5.41) is 8.75. The highest BCUT2D eigenvalue weighted by Gasteiger charge is 2.08. The highest BCUT2D eigenvalue weighted by Crippen LogP contribution is 2.16. The zero-order valence-corrected chi connectivity index (χ0v) is 10.3. The van der Waals surface area contributed by atoms with Crippen molar-refractivity contribution >= 4 is 33.7 Å². The van der Waals surface area contributed by atoms with E-state index in [1.165, 1.54) is 0 Å². The lowest BCUT2D eigenvalue weighted by Crippen LogP contribution is -2.00. The van der Waals surface area contributed by atoms with E-state index in [1.807, 2.05) is 16.3 Å². The van der Waals surface area contributed by atoms with Crippen molar-refractivity contribution in [2.45, 2.75) is 13.5 Å². The Labute approximate surface area is 95.6 Å². The molecule has 0 atom stereocenters. The van der Waals surface area contributed by atoms with Crippen molar-refractivity contribution in [3.05, 3.63) is 22.4 Å². The Morgan fingerprint density at radius 3 is 2.93 bits per heavy atom. The Morgan fingerprint density at radius 2 is 2.43 bits per heavy atom. The van der Waals surface area contributed by atoms with Crippen LogP contribution in [0, 0.1) is 0 Å². The molecule has 78 valence electrons. The second-order valence-corrected chi connectivity index (χ2v) is 4.95. The van der Waals surface area contributed by atoms with E-state index in [1.54, 1.807) is 12.3 Å². The van der Waals surface area contributed by atoms with Crippen LogP contribution in [-0.4, -0.2) is 27.1 Å². The molecule has 0 amide bonds. The van der Waals surface area contributed by atoms with E-state index in [9.17, 15) is 4.79 Å². The minimum atomic E-state index is -0.882. The van der Waals surface area contributed by atoms with E-state index >= 15 is 0 Å². The number of aryl methyl sites for hydroxylation is 1. The van der Waals surface area contributed by atoms with Crippen molar-refractivity contribution < 1.29 is 9.90 Å². The standard InChI is InChI=1S/C9H12BrNO2S/c1-2-14-4-3-11-6-7(9(12)13)5-8(11)10/h5-6H,2-4H2,1H3,(H,12,13). The maximum Gasteiger partial charge on any atom is 0.337 e. The second kappa shape index (κ2) is 5.46. The van der Waals surface area contributed by atoms with E-state index in [0.717, 1.165) is 22.7 Å². The first kappa shape index (κ1) is 11.7. The van der Waals surface area contributed by atoms with Crippen LogP contribution in [0.3, 0.4) is 0 Å². The fourth-order valence-electron chi connectivity index (χ4n) is 1.07. The number of aromatic carboxylic acids is 1. The maximum absolute atomic E-state index is 10.7. The van der Waals surface area contributed by atoms with Crippen LogP contribution in [-0.2, 0) is 6.54 Å². The molecule has 0 fully saturated rings. The van der Waals surface area contributed by atoms with Crippen LogP contribution in [0.25, 0.3) is 0 Å². The predicted molar refractivity (Wildman–Crippen MR) is 62.1 cm³/mol. The number of carboxylic acids is 1. The van der Waals surface area contributed by atoms with Gasteiger partial charge in [-0.15, -0.1) is 0 Å². The lowest BCUT2D eigenvalue weighted by atomic mass is 10.4. The molecule has 0 radical (unpaired) electrons. The molecule has 1 aromatic rings. The first-order valence-corrected chi connectivity index (χ1v) is 6.26.